The summed E-state index contributed by atoms with van der Waals surface area (Å²) in [4.78, 5) is 25.4. The van der Waals surface area contributed by atoms with Crippen LogP contribution < -0.4 is 15.4 Å². The van der Waals surface area contributed by atoms with Gasteiger partial charge in [0.25, 0.3) is 0 Å². The predicted molar refractivity (Wildman–Crippen MR) is 73.0 cm³/mol. The maximum atomic E-state index is 10.9. The van der Waals surface area contributed by atoms with Gasteiger partial charge < -0.3 is 20.3 Å². The first-order chi connectivity index (χ1) is 9.47. The summed E-state index contributed by atoms with van der Waals surface area (Å²) in [7, 11) is 2.04. The third-order valence-electron chi connectivity index (χ3n) is 3.22. The van der Waals surface area contributed by atoms with Crippen LogP contribution in [0.5, 0.6) is 5.75 Å². The second-order valence-corrected chi connectivity index (χ2v) is 4.62. The van der Waals surface area contributed by atoms with Crippen LogP contribution in [0.3, 0.4) is 0 Å². The molecular formula is C12H16N4O4. The molecule has 1 aliphatic heterocycles. The second-order valence-electron chi connectivity index (χ2n) is 4.62. The van der Waals surface area contributed by atoms with Crippen molar-refractivity contribution in [3.05, 3.63) is 28.3 Å². The molecule has 0 radical (unpaired) electrons. The van der Waals surface area contributed by atoms with Crippen LogP contribution in [0.2, 0.25) is 0 Å². The van der Waals surface area contributed by atoms with Crippen molar-refractivity contribution >= 4 is 17.5 Å². The molecule has 0 unspecified atom stereocenters. The van der Waals surface area contributed by atoms with E-state index < -0.39 is 11.0 Å². The van der Waals surface area contributed by atoms with Gasteiger partial charge in [0.1, 0.15) is 0 Å². The van der Waals surface area contributed by atoms with Crippen molar-refractivity contribution < 1.29 is 14.5 Å². The molecule has 1 aliphatic rings. The SMILES string of the molecule is CN1CCN(c2ccc([N+](=O)[O-])c(OC(N)=O)c2)CC1. The number of nitrogens with zero attached hydrogens (tertiary/aromatic N) is 3. The Bertz CT molecular complexity index is 526. The molecule has 108 valence electrons. The van der Waals surface area contributed by atoms with E-state index in [1.165, 1.54) is 12.1 Å². The Labute approximate surface area is 115 Å². The zero-order valence-corrected chi connectivity index (χ0v) is 11.1. The number of likely N-dealkylation sites (N-methyl/N-ethyl adjacent to an activating group) is 1. The summed E-state index contributed by atoms with van der Waals surface area (Å²) in [5, 5.41) is 10.9. The lowest BCUT2D eigenvalue weighted by Crippen LogP contribution is -2.44. The number of nitro groups is 1. The van der Waals surface area contributed by atoms with Gasteiger partial charge in [-0.15, -0.1) is 0 Å². The van der Waals surface area contributed by atoms with Gasteiger partial charge in [0, 0.05) is 44.0 Å². The maximum Gasteiger partial charge on any atom is 0.410 e. The molecule has 0 spiro atoms. The lowest BCUT2D eigenvalue weighted by molar-refractivity contribution is -0.385. The van der Waals surface area contributed by atoms with Gasteiger partial charge in [0.2, 0.25) is 5.75 Å². The largest absolute Gasteiger partial charge is 0.410 e. The van der Waals surface area contributed by atoms with Gasteiger partial charge in [-0.3, -0.25) is 10.1 Å². The summed E-state index contributed by atoms with van der Waals surface area (Å²) in [6.45, 7) is 3.43. The van der Waals surface area contributed by atoms with E-state index in [1.54, 1.807) is 6.07 Å². The minimum Gasteiger partial charge on any atom is -0.403 e. The first kappa shape index (κ1) is 14.1. The number of ether oxygens (including phenoxy) is 1. The summed E-state index contributed by atoms with van der Waals surface area (Å²) in [6.07, 6.45) is -1.07. The summed E-state index contributed by atoms with van der Waals surface area (Å²) < 4.78 is 4.72. The van der Waals surface area contributed by atoms with Crippen molar-refractivity contribution in [2.24, 2.45) is 5.73 Å². The fourth-order valence-electron chi connectivity index (χ4n) is 2.11. The normalized spacial score (nSPS) is 15.9. The lowest BCUT2D eigenvalue weighted by Gasteiger charge is -2.34. The Hall–Kier alpha value is -2.35. The van der Waals surface area contributed by atoms with E-state index in [1.807, 2.05) is 7.05 Å². The molecule has 0 aromatic heterocycles. The van der Waals surface area contributed by atoms with Crippen molar-refractivity contribution in [2.75, 3.05) is 38.1 Å². The molecule has 2 N–H and O–H groups in total. The quantitative estimate of drug-likeness (QED) is 0.649. The average molecular weight is 280 g/mol. The van der Waals surface area contributed by atoms with Crippen LogP contribution in [0.4, 0.5) is 16.2 Å². The van der Waals surface area contributed by atoms with Crippen LogP contribution in [-0.2, 0) is 0 Å². The molecule has 0 aliphatic carbocycles. The minimum absolute atomic E-state index is 0.126. The third-order valence-corrected chi connectivity index (χ3v) is 3.22. The molecule has 0 saturated carbocycles. The van der Waals surface area contributed by atoms with Crippen LogP contribution >= 0.6 is 0 Å². The Balaban J connectivity index is 2.26. The predicted octanol–water partition coefficient (Wildman–Crippen LogP) is 0.804. The number of anilines is 1. The molecule has 1 aromatic carbocycles. The summed E-state index contributed by atoms with van der Waals surface area (Å²) in [5.41, 5.74) is 5.44. The number of primary amides is 1. The number of rotatable bonds is 3. The molecule has 1 amide bonds. The number of carbonyl (C=O) groups is 1. The van der Waals surface area contributed by atoms with Crippen molar-refractivity contribution in [1.29, 1.82) is 0 Å². The molecule has 0 atom stereocenters. The number of nitro benzene ring substituents is 1. The molecule has 20 heavy (non-hydrogen) atoms. The zero-order chi connectivity index (χ0) is 14.7. The van der Waals surface area contributed by atoms with E-state index in [0.717, 1.165) is 31.9 Å². The highest BCUT2D eigenvalue weighted by molar-refractivity contribution is 5.71. The number of piperazine rings is 1. The van der Waals surface area contributed by atoms with Crippen LogP contribution in [0.15, 0.2) is 18.2 Å². The summed E-state index contributed by atoms with van der Waals surface area (Å²) in [6, 6.07) is 4.46. The standard InChI is InChI=1S/C12H16N4O4/c1-14-4-6-15(7-5-14)9-2-3-10(16(18)19)11(8-9)20-12(13)17/h2-3,8H,4-7H2,1H3,(H2,13,17). The van der Waals surface area contributed by atoms with Crippen molar-refractivity contribution in [3.8, 4) is 5.75 Å². The number of amides is 1. The molecule has 1 aromatic rings. The molecule has 1 fully saturated rings. The highest BCUT2D eigenvalue weighted by Gasteiger charge is 2.21. The molecule has 8 nitrogen and oxygen atoms in total. The monoisotopic (exact) mass is 280 g/mol. The van der Waals surface area contributed by atoms with E-state index in [0.29, 0.717) is 0 Å². The van der Waals surface area contributed by atoms with Crippen molar-refractivity contribution in [3.63, 3.8) is 0 Å². The summed E-state index contributed by atoms with van der Waals surface area (Å²) >= 11 is 0. The van der Waals surface area contributed by atoms with Gasteiger partial charge >= 0.3 is 11.8 Å². The van der Waals surface area contributed by atoms with E-state index in [4.69, 9.17) is 10.5 Å². The lowest BCUT2D eigenvalue weighted by atomic mass is 10.2. The molecular weight excluding hydrogens is 264 g/mol. The number of benzene rings is 1. The van der Waals surface area contributed by atoms with Crippen LogP contribution in [0.1, 0.15) is 0 Å². The van der Waals surface area contributed by atoms with Crippen molar-refractivity contribution in [1.82, 2.24) is 4.90 Å². The van der Waals surface area contributed by atoms with Crippen LogP contribution in [0.25, 0.3) is 0 Å². The summed E-state index contributed by atoms with van der Waals surface area (Å²) in [5.74, 6) is -0.126. The number of nitrogens with two attached hydrogens (primary N) is 1. The highest BCUT2D eigenvalue weighted by Crippen LogP contribution is 2.32. The fraction of sp³-hybridized carbons (Fsp3) is 0.417. The Morgan fingerprint density at radius 3 is 2.55 bits per heavy atom. The molecule has 0 bridgehead atoms. The smallest absolute Gasteiger partial charge is 0.403 e. The minimum atomic E-state index is -1.07. The van der Waals surface area contributed by atoms with Gasteiger partial charge in [0.05, 0.1) is 4.92 Å². The number of carbonyl (C=O) groups excluding carboxylic acids is 1. The molecule has 1 heterocycles. The highest BCUT2D eigenvalue weighted by atomic mass is 16.6. The van der Waals surface area contributed by atoms with Gasteiger partial charge in [0.15, 0.2) is 0 Å². The van der Waals surface area contributed by atoms with Gasteiger partial charge in [-0.1, -0.05) is 0 Å². The first-order valence-electron chi connectivity index (χ1n) is 6.16. The van der Waals surface area contributed by atoms with Crippen LogP contribution in [0, 0.1) is 10.1 Å². The van der Waals surface area contributed by atoms with Gasteiger partial charge in [-0.05, 0) is 13.1 Å². The van der Waals surface area contributed by atoms with E-state index >= 15 is 0 Å². The zero-order valence-electron chi connectivity index (χ0n) is 11.1. The Kier molecular flexibility index (Phi) is 4.04. The van der Waals surface area contributed by atoms with Gasteiger partial charge in [-0.2, -0.15) is 0 Å². The number of hydrogen-bond donors (Lipinski definition) is 1. The molecule has 2 rings (SSSR count). The fourth-order valence-corrected chi connectivity index (χ4v) is 2.11. The van der Waals surface area contributed by atoms with Crippen molar-refractivity contribution in [2.45, 2.75) is 0 Å². The second kappa shape index (κ2) is 5.74. The van der Waals surface area contributed by atoms with E-state index in [-0.39, 0.29) is 11.4 Å². The Morgan fingerprint density at radius 1 is 1.35 bits per heavy atom. The van der Waals surface area contributed by atoms with E-state index in [9.17, 15) is 14.9 Å². The van der Waals surface area contributed by atoms with Gasteiger partial charge in [-0.25, -0.2) is 4.79 Å². The third kappa shape index (κ3) is 3.15. The molecule has 8 heteroatoms. The van der Waals surface area contributed by atoms with E-state index in [2.05, 4.69) is 9.80 Å². The first-order valence-corrected chi connectivity index (χ1v) is 6.16. The number of hydrogen-bond acceptors (Lipinski definition) is 6. The maximum absolute atomic E-state index is 10.9. The topological polar surface area (TPSA) is 102 Å². The molecule has 1 saturated heterocycles. The average Bonchev–Trinajstić information content (AvgIpc) is 2.38. The Morgan fingerprint density at radius 2 is 2.00 bits per heavy atom. The van der Waals surface area contributed by atoms with Crippen LogP contribution in [-0.4, -0.2) is 49.1 Å².